The average molecular weight is 616 g/mol. The summed E-state index contributed by atoms with van der Waals surface area (Å²) in [4.78, 5) is 39.8. The predicted octanol–water partition coefficient (Wildman–Crippen LogP) is 8.02. The van der Waals surface area contributed by atoms with Gasteiger partial charge >= 0.3 is 0 Å². The predicted molar refractivity (Wildman–Crippen MR) is 179 cm³/mol. The van der Waals surface area contributed by atoms with E-state index in [1.54, 1.807) is 73.7 Å². The molecule has 0 saturated heterocycles. The summed E-state index contributed by atoms with van der Waals surface area (Å²) in [5.74, 6) is -1.74. The summed E-state index contributed by atoms with van der Waals surface area (Å²) in [6, 6.07) is 39.3. The highest BCUT2D eigenvalue weighted by atomic mass is 32.2. The van der Waals surface area contributed by atoms with Crippen molar-refractivity contribution in [1.82, 2.24) is 5.32 Å². The number of carbonyl (C=O) groups excluding carboxylic acids is 3. The van der Waals surface area contributed by atoms with E-state index in [2.05, 4.69) is 16.0 Å². The SMILES string of the molecule is CC(Sc1ccc(NC(=O)/C(=C/c2ccc(-c3ccccc3)cc2)NC(=O)c2ccccc2)cc1)C(=O)Nc1ccccc1F. The third kappa shape index (κ3) is 8.55. The first-order chi connectivity index (χ1) is 21.9. The second-order valence-electron chi connectivity index (χ2n) is 10.1. The number of nitrogens with one attached hydrogen (secondary N) is 3. The normalized spacial score (nSPS) is 11.7. The molecule has 1 unspecified atom stereocenters. The summed E-state index contributed by atoms with van der Waals surface area (Å²) < 4.78 is 13.9. The van der Waals surface area contributed by atoms with Crippen LogP contribution in [0.4, 0.5) is 15.8 Å². The molecule has 0 aliphatic rings. The molecule has 5 aromatic rings. The van der Waals surface area contributed by atoms with E-state index in [-0.39, 0.29) is 17.3 Å². The largest absolute Gasteiger partial charge is 0.323 e. The van der Waals surface area contributed by atoms with Gasteiger partial charge in [0, 0.05) is 16.1 Å². The van der Waals surface area contributed by atoms with E-state index >= 15 is 0 Å². The van der Waals surface area contributed by atoms with E-state index in [1.165, 1.54) is 23.9 Å². The van der Waals surface area contributed by atoms with Crippen LogP contribution in [0.25, 0.3) is 17.2 Å². The number of hydrogen-bond donors (Lipinski definition) is 3. The number of thioether (sulfide) groups is 1. The number of halogens is 1. The monoisotopic (exact) mass is 615 g/mol. The fourth-order valence-electron chi connectivity index (χ4n) is 4.38. The van der Waals surface area contributed by atoms with E-state index in [1.807, 2.05) is 60.7 Å². The molecule has 0 bridgehead atoms. The van der Waals surface area contributed by atoms with Crippen LogP contribution in [0, 0.1) is 5.82 Å². The maximum atomic E-state index is 13.9. The second kappa shape index (κ2) is 14.8. The number of anilines is 2. The van der Waals surface area contributed by atoms with Gasteiger partial charge in [-0.2, -0.15) is 0 Å². The molecule has 5 rings (SSSR count). The molecule has 45 heavy (non-hydrogen) atoms. The third-order valence-corrected chi connectivity index (χ3v) is 7.90. The molecular weight excluding hydrogens is 585 g/mol. The Bertz CT molecular complexity index is 1810. The zero-order valence-corrected chi connectivity index (χ0v) is 25.2. The van der Waals surface area contributed by atoms with Gasteiger partial charge in [-0.1, -0.05) is 84.9 Å². The Hall–Kier alpha value is -5.47. The minimum Gasteiger partial charge on any atom is -0.323 e. The lowest BCUT2D eigenvalue weighted by Crippen LogP contribution is -2.30. The van der Waals surface area contributed by atoms with Crippen molar-refractivity contribution in [2.45, 2.75) is 17.1 Å². The lowest BCUT2D eigenvalue weighted by Gasteiger charge is -2.14. The van der Waals surface area contributed by atoms with Crippen LogP contribution in [0.15, 0.2) is 144 Å². The van der Waals surface area contributed by atoms with Crippen molar-refractivity contribution in [3.63, 3.8) is 0 Å². The maximum Gasteiger partial charge on any atom is 0.272 e. The van der Waals surface area contributed by atoms with E-state index in [9.17, 15) is 18.8 Å². The molecule has 3 N–H and O–H groups in total. The minimum atomic E-state index is -0.499. The van der Waals surface area contributed by atoms with Crippen LogP contribution in [-0.4, -0.2) is 23.0 Å². The minimum absolute atomic E-state index is 0.0770. The van der Waals surface area contributed by atoms with Crippen molar-refractivity contribution in [3.05, 3.63) is 156 Å². The third-order valence-electron chi connectivity index (χ3n) is 6.78. The number of carbonyl (C=O) groups is 3. The molecule has 3 amide bonds. The molecule has 8 heteroatoms. The van der Waals surface area contributed by atoms with Crippen LogP contribution in [0.2, 0.25) is 0 Å². The smallest absolute Gasteiger partial charge is 0.272 e. The topological polar surface area (TPSA) is 87.3 Å². The van der Waals surface area contributed by atoms with Crippen LogP contribution in [0.3, 0.4) is 0 Å². The summed E-state index contributed by atoms with van der Waals surface area (Å²) in [5, 5.41) is 7.71. The maximum absolute atomic E-state index is 13.9. The summed E-state index contributed by atoms with van der Waals surface area (Å²) in [6.45, 7) is 1.73. The molecule has 0 aromatic heterocycles. The summed E-state index contributed by atoms with van der Waals surface area (Å²) in [6.07, 6.45) is 1.63. The van der Waals surface area contributed by atoms with Gasteiger partial charge in [0.15, 0.2) is 0 Å². The summed E-state index contributed by atoms with van der Waals surface area (Å²) in [7, 11) is 0. The summed E-state index contributed by atoms with van der Waals surface area (Å²) >= 11 is 1.30. The molecule has 1 atom stereocenters. The van der Waals surface area contributed by atoms with Gasteiger partial charge in [-0.3, -0.25) is 14.4 Å². The number of hydrogen-bond acceptors (Lipinski definition) is 4. The van der Waals surface area contributed by atoms with Crippen molar-refractivity contribution in [2.24, 2.45) is 0 Å². The van der Waals surface area contributed by atoms with Crippen LogP contribution in [0.1, 0.15) is 22.8 Å². The Morgan fingerprint density at radius 3 is 1.96 bits per heavy atom. The molecule has 5 aromatic carbocycles. The van der Waals surface area contributed by atoms with E-state index in [0.29, 0.717) is 11.3 Å². The van der Waals surface area contributed by atoms with Gasteiger partial charge < -0.3 is 16.0 Å². The molecule has 0 heterocycles. The Kier molecular flexibility index (Phi) is 10.2. The number of para-hydroxylation sites is 1. The lowest BCUT2D eigenvalue weighted by atomic mass is 10.0. The average Bonchev–Trinajstić information content (AvgIpc) is 3.07. The molecule has 6 nitrogen and oxygen atoms in total. The van der Waals surface area contributed by atoms with Crippen LogP contribution < -0.4 is 16.0 Å². The zero-order chi connectivity index (χ0) is 31.6. The molecule has 0 saturated carbocycles. The van der Waals surface area contributed by atoms with Crippen LogP contribution >= 0.6 is 11.8 Å². The summed E-state index contributed by atoms with van der Waals surface area (Å²) in [5.41, 5.74) is 3.98. The first kappa shape index (κ1) is 31.0. The molecule has 0 aliphatic heterocycles. The molecule has 0 spiro atoms. The fourth-order valence-corrected chi connectivity index (χ4v) is 5.25. The van der Waals surface area contributed by atoms with Crippen LogP contribution in [0.5, 0.6) is 0 Å². The number of amides is 3. The molecule has 0 radical (unpaired) electrons. The van der Waals surface area contributed by atoms with Crippen molar-refractivity contribution in [2.75, 3.05) is 10.6 Å². The van der Waals surface area contributed by atoms with Gasteiger partial charge in [-0.05, 0) is 78.2 Å². The Balaban J connectivity index is 1.28. The van der Waals surface area contributed by atoms with E-state index in [0.717, 1.165) is 21.6 Å². The second-order valence-corrected chi connectivity index (χ2v) is 11.5. The molecule has 0 fully saturated rings. The highest BCUT2D eigenvalue weighted by Crippen LogP contribution is 2.26. The zero-order valence-electron chi connectivity index (χ0n) is 24.4. The fraction of sp³-hybridized carbons (Fsp3) is 0.0541. The quantitative estimate of drug-likeness (QED) is 0.110. The molecular formula is C37H30FN3O3S. The first-order valence-electron chi connectivity index (χ1n) is 14.2. The molecule has 224 valence electrons. The standard InChI is InChI=1S/C37H30FN3O3S/c1-25(35(42)40-33-15-9-8-14-32(33)38)45-31-22-20-30(21-23-31)39-37(44)34(41-36(43)29-12-6-3-7-13-29)24-26-16-18-28(19-17-26)27-10-4-2-5-11-27/h2-25H,1H3,(H,39,44)(H,40,42)(H,41,43)/b34-24-. The first-order valence-corrected chi connectivity index (χ1v) is 15.1. The number of benzene rings is 5. The van der Waals surface area contributed by atoms with Crippen molar-refractivity contribution in [3.8, 4) is 11.1 Å². The van der Waals surface area contributed by atoms with Crippen molar-refractivity contribution in [1.29, 1.82) is 0 Å². The molecule has 0 aliphatic carbocycles. The highest BCUT2D eigenvalue weighted by Gasteiger charge is 2.18. The van der Waals surface area contributed by atoms with Crippen molar-refractivity contribution < 1.29 is 18.8 Å². The Morgan fingerprint density at radius 2 is 1.29 bits per heavy atom. The van der Waals surface area contributed by atoms with E-state index < -0.39 is 22.9 Å². The Morgan fingerprint density at radius 1 is 0.689 bits per heavy atom. The van der Waals surface area contributed by atoms with Gasteiger partial charge in [-0.15, -0.1) is 11.8 Å². The van der Waals surface area contributed by atoms with Gasteiger partial charge in [0.25, 0.3) is 11.8 Å². The van der Waals surface area contributed by atoms with Crippen molar-refractivity contribution >= 4 is 46.9 Å². The number of rotatable bonds is 10. The van der Waals surface area contributed by atoms with E-state index in [4.69, 9.17) is 0 Å². The van der Waals surface area contributed by atoms with Gasteiger partial charge in [-0.25, -0.2) is 4.39 Å². The van der Waals surface area contributed by atoms with Gasteiger partial charge in [0.1, 0.15) is 11.5 Å². The Labute approximate surface area is 265 Å². The lowest BCUT2D eigenvalue weighted by molar-refractivity contribution is -0.115. The van der Waals surface area contributed by atoms with Gasteiger partial charge in [0.2, 0.25) is 5.91 Å². The highest BCUT2D eigenvalue weighted by molar-refractivity contribution is 8.00. The van der Waals surface area contributed by atoms with Gasteiger partial charge in [0.05, 0.1) is 10.9 Å². The van der Waals surface area contributed by atoms with Crippen LogP contribution in [-0.2, 0) is 9.59 Å².